The van der Waals surface area contributed by atoms with Crippen LogP contribution in [0, 0.1) is 11.3 Å². The number of amides is 1. The number of rotatable bonds is 7. The summed E-state index contributed by atoms with van der Waals surface area (Å²) in [6.45, 7) is -0.452. The van der Waals surface area contributed by atoms with Gasteiger partial charge in [0, 0.05) is 23.2 Å². The molecule has 1 aliphatic carbocycles. The van der Waals surface area contributed by atoms with Gasteiger partial charge >= 0.3 is 5.97 Å². The van der Waals surface area contributed by atoms with E-state index in [1.54, 1.807) is 17.0 Å². The fourth-order valence-electron chi connectivity index (χ4n) is 4.58. The van der Waals surface area contributed by atoms with Crippen molar-refractivity contribution in [3.8, 4) is 23.2 Å². The molecule has 1 N–H and O–H groups in total. The van der Waals surface area contributed by atoms with Crippen LogP contribution in [0.4, 0.5) is 0 Å². The Kier molecular flexibility index (Phi) is 6.86. The first-order chi connectivity index (χ1) is 18.0. The molecule has 8 nitrogen and oxygen atoms in total. The Bertz CT molecular complexity index is 1450. The Hall–Kier alpha value is -4.64. The molecule has 1 amide bonds. The lowest BCUT2D eigenvalue weighted by Gasteiger charge is -2.31. The van der Waals surface area contributed by atoms with Gasteiger partial charge < -0.3 is 14.5 Å². The second-order valence-corrected chi connectivity index (χ2v) is 9.11. The van der Waals surface area contributed by atoms with E-state index >= 15 is 0 Å². The van der Waals surface area contributed by atoms with Crippen LogP contribution < -0.4 is 5.32 Å². The molecule has 5 rings (SSSR count). The minimum atomic E-state index is -0.870. The largest absolute Gasteiger partial charge is 0.454 e. The van der Waals surface area contributed by atoms with Crippen molar-refractivity contribution < 1.29 is 18.7 Å². The van der Waals surface area contributed by atoms with Gasteiger partial charge in [-0.1, -0.05) is 55.7 Å². The summed E-state index contributed by atoms with van der Waals surface area (Å²) in [5.74, 6) is -0.588. The van der Waals surface area contributed by atoms with Crippen molar-refractivity contribution >= 4 is 28.9 Å². The van der Waals surface area contributed by atoms with Gasteiger partial charge in [0.05, 0.1) is 11.8 Å². The minimum absolute atomic E-state index is 0.452. The third-order valence-electron chi connectivity index (χ3n) is 6.47. The lowest BCUT2D eigenvalue weighted by molar-refractivity contribution is -0.144. The molecule has 4 aromatic rings. The number of hydrogen-bond donors (Lipinski definition) is 1. The SMILES string of the molecule is N#CC1(NC(=O)COC(=O)C=Cc2cn(-c3ccccc3)nc2-c2cc3ccccc3o2)CCCCC1. The standard InChI is InChI=1S/C29H26N4O4/c30-20-29(15-7-2-8-16-29)31-26(34)19-36-27(35)14-13-22-18-33(23-10-3-1-4-11-23)32-28(22)25-17-21-9-5-6-12-24(21)37-25/h1,3-6,9-14,17-18H,2,7-8,15-16,19H2,(H,31,34). The molecule has 0 atom stereocenters. The van der Waals surface area contributed by atoms with E-state index in [4.69, 9.17) is 14.3 Å². The smallest absolute Gasteiger partial charge is 0.331 e. The zero-order chi connectivity index (χ0) is 25.7. The van der Waals surface area contributed by atoms with Gasteiger partial charge in [-0.3, -0.25) is 4.79 Å². The summed E-state index contributed by atoms with van der Waals surface area (Å²) >= 11 is 0. The van der Waals surface area contributed by atoms with E-state index in [2.05, 4.69) is 11.4 Å². The monoisotopic (exact) mass is 494 g/mol. The number of nitrogens with one attached hydrogen (secondary N) is 1. The summed E-state index contributed by atoms with van der Waals surface area (Å²) in [7, 11) is 0. The quantitative estimate of drug-likeness (QED) is 0.280. The zero-order valence-electron chi connectivity index (χ0n) is 20.2. The number of esters is 1. The van der Waals surface area contributed by atoms with E-state index in [1.165, 1.54) is 6.08 Å². The summed E-state index contributed by atoms with van der Waals surface area (Å²) in [4.78, 5) is 24.8. The molecule has 1 aliphatic rings. The molecule has 0 bridgehead atoms. The third kappa shape index (κ3) is 5.46. The summed E-state index contributed by atoms with van der Waals surface area (Å²) in [6.07, 6.45) is 8.70. The topological polar surface area (TPSA) is 110 Å². The molecule has 0 spiro atoms. The van der Waals surface area contributed by atoms with Crippen LogP contribution in [0.1, 0.15) is 37.7 Å². The predicted molar refractivity (Wildman–Crippen MR) is 138 cm³/mol. The first-order valence-corrected chi connectivity index (χ1v) is 12.3. The zero-order valence-corrected chi connectivity index (χ0v) is 20.2. The number of ether oxygens (including phenoxy) is 1. The lowest BCUT2D eigenvalue weighted by Crippen LogP contribution is -2.49. The molecule has 186 valence electrons. The van der Waals surface area contributed by atoms with Gasteiger partial charge in [-0.2, -0.15) is 10.4 Å². The Balaban J connectivity index is 1.32. The number of para-hydroxylation sites is 2. The number of nitriles is 1. The second kappa shape index (κ2) is 10.5. The maximum absolute atomic E-state index is 12.4. The molecule has 2 aromatic heterocycles. The number of furan rings is 1. The van der Waals surface area contributed by atoms with Gasteiger partial charge in [-0.05, 0) is 43.2 Å². The molecular formula is C29H26N4O4. The fraction of sp³-hybridized carbons (Fsp3) is 0.241. The normalized spacial score (nSPS) is 14.9. The maximum atomic E-state index is 12.4. The molecule has 2 aromatic carbocycles. The van der Waals surface area contributed by atoms with Crippen LogP contribution in [0.25, 0.3) is 34.2 Å². The van der Waals surface area contributed by atoms with Crippen LogP contribution in [0.5, 0.6) is 0 Å². The molecule has 1 fully saturated rings. The maximum Gasteiger partial charge on any atom is 0.331 e. The molecule has 37 heavy (non-hydrogen) atoms. The number of fused-ring (bicyclic) bond motifs is 1. The van der Waals surface area contributed by atoms with Crippen molar-refractivity contribution in [2.24, 2.45) is 0 Å². The van der Waals surface area contributed by atoms with E-state index in [9.17, 15) is 14.9 Å². The predicted octanol–water partition coefficient (Wildman–Crippen LogP) is 5.18. The van der Waals surface area contributed by atoms with E-state index in [0.717, 1.165) is 35.9 Å². The highest BCUT2D eigenvalue weighted by molar-refractivity contribution is 5.91. The highest BCUT2D eigenvalue weighted by atomic mass is 16.5. The molecule has 2 heterocycles. The number of carbonyl (C=O) groups excluding carboxylic acids is 2. The van der Waals surface area contributed by atoms with Crippen molar-refractivity contribution in [2.75, 3.05) is 6.61 Å². The van der Waals surface area contributed by atoms with Gasteiger partial charge in [-0.15, -0.1) is 0 Å². The molecule has 0 saturated heterocycles. The van der Waals surface area contributed by atoms with Gasteiger partial charge in [0.1, 0.15) is 16.8 Å². The number of hydrogen-bond acceptors (Lipinski definition) is 6. The number of carbonyl (C=O) groups is 2. The first-order valence-electron chi connectivity index (χ1n) is 12.3. The summed E-state index contributed by atoms with van der Waals surface area (Å²) in [5.41, 5.74) is 1.93. The van der Waals surface area contributed by atoms with E-state index in [-0.39, 0.29) is 0 Å². The van der Waals surface area contributed by atoms with Crippen LogP contribution in [0.15, 0.2) is 77.4 Å². The molecule has 0 radical (unpaired) electrons. The van der Waals surface area contributed by atoms with Crippen molar-refractivity contribution in [1.29, 1.82) is 5.26 Å². The molecule has 1 saturated carbocycles. The summed E-state index contributed by atoms with van der Waals surface area (Å²) in [5, 5.41) is 17.9. The van der Waals surface area contributed by atoms with Crippen LogP contribution >= 0.6 is 0 Å². The van der Waals surface area contributed by atoms with Crippen LogP contribution in [0.2, 0.25) is 0 Å². The molecule has 0 aliphatic heterocycles. The van der Waals surface area contributed by atoms with Crippen molar-refractivity contribution in [3.05, 3.63) is 78.5 Å². The highest BCUT2D eigenvalue weighted by Crippen LogP contribution is 2.31. The van der Waals surface area contributed by atoms with E-state index < -0.39 is 24.0 Å². The number of benzene rings is 2. The lowest BCUT2D eigenvalue weighted by atomic mass is 9.83. The van der Waals surface area contributed by atoms with Crippen molar-refractivity contribution in [3.63, 3.8) is 0 Å². The average Bonchev–Trinajstić information content (AvgIpc) is 3.56. The minimum Gasteiger partial charge on any atom is -0.454 e. The average molecular weight is 495 g/mol. The summed E-state index contributed by atoms with van der Waals surface area (Å²) in [6, 6.07) is 21.4. The van der Waals surface area contributed by atoms with E-state index in [1.807, 2.05) is 60.7 Å². The number of aromatic nitrogens is 2. The van der Waals surface area contributed by atoms with Gasteiger partial charge in [-0.25, -0.2) is 9.48 Å². The van der Waals surface area contributed by atoms with Crippen molar-refractivity contribution in [1.82, 2.24) is 15.1 Å². The van der Waals surface area contributed by atoms with Crippen LogP contribution in [0.3, 0.4) is 0 Å². The fourth-order valence-corrected chi connectivity index (χ4v) is 4.58. The molecular weight excluding hydrogens is 468 g/mol. The van der Waals surface area contributed by atoms with Crippen LogP contribution in [-0.2, 0) is 14.3 Å². The Morgan fingerprint density at radius 1 is 1.11 bits per heavy atom. The van der Waals surface area contributed by atoms with E-state index in [0.29, 0.717) is 29.9 Å². The number of nitrogens with zero attached hydrogens (tertiary/aromatic N) is 3. The second-order valence-electron chi connectivity index (χ2n) is 9.11. The van der Waals surface area contributed by atoms with Gasteiger partial charge in [0.2, 0.25) is 0 Å². The van der Waals surface area contributed by atoms with Gasteiger partial charge in [0.15, 0.2) is 12.4 Å². The Labute approximate surface area is 214 Å². The Morgan fingerprint density at radius 2 is 1.86 bits per heavy atom. The molecule has 0 unspecified atom stereocenters. The highest BCUT2D eigenvalue weighted by Gasteiger charge is 2.33. The van der Waals surface area contributed by atoms with Gasteiger partial charge in [0.25, 0.3) is 5.91 Å². The summed E-state index contributed by atoms with van der Waals surface area (Å²) < 4.78 is 12.9. The third-order valence-corrected chi connectivity index (χ3v) is 6.47. The first kappa shape index (κ1) is 24.1. The molecule has 8 heteroatoms. The Morgan fingerprint density at radius 3 is 2.62 bits per heavy atom. The van der Waals surface area contributed by atoms with Crippen LogP contribution in [-0.4, -0.2) is 33.8 Å². The van der Waals surface area contributed by atoms with Crippen molar-refractivity contribution in [2.45, 2.75) is 37.6 Å².